The number of terminal acetylenes is 1. The number of aliphatic hydroxyl groups excluding tert-OH is 1. The molecule has 7 nitrogen and oxygen atoms in total. The van der Waals surface area contributed by atoms with E-state index in [0.29, 0.717) is 13.1 Å². The third kappa shape index (κ3) is 3.30. The molecule has 0 bridgehead atoms. The summed E-state index contributed by atoms with van der Waals surface area (Å²) in [5, 5.41) is 24.3. The van der Waals surface area contributed by atoms with Crippen molar-refractivity contribution >= 4 is 29.3 Å². The van der Waals surface area contributed by atoms with E-state index in [1.807, 2.05) is 31.2 Å². The fourth-order valence-corrected chi connectivity index (χ4v) is 5.65. The summed E-state index contributed by atoms with van der Waals surface area (Å²) in [7, 11) is 0. The van der Waals surface area contributed by atoms with Crippen molar-refractivity contribution in [2.24, 2.45) is 11.8 Å². The summed E-state index contributed by atoms with van der Waals surface area (Å²) < 4.78 is 0. The first-order chi connectivity index (χ1) is 13.5. The average molecular weight is 398 g/mol. The molecule has 4 unspecified atom stereocenters. The Morgan fingerprint density at radius 2 is 2.29 bits per heavy atom. The van der Waals surface area contributed by atoms with Crippen molar-refractivity contribution in [1.29, 1.82) is 5.26 Å². The second-order valence-electron chi connectivity index (χ2n) is 6.69. The lowest BCUT2D eigenvalue weighted by Crippen LogP contribution is -2.40. The minimum atomic E-state index is -0.821. The number of nitrogens with one attached hydrogen (secondary N) is 2. The third-order valence-corrected chi connectivity index (χ3v) is 6.87. The highest BCUT2D eigenvalue weighted by Gasteiger charge is 2.77. The highest BCUT2D eigenvalue weighted by Crippen LogP contribution is 2.66. The van der Waals surface area contributed by atoms with E-state index in [9.17, 15) is 20.0 Å². The maximum absolute atomic E-state index is 12.9. The van der Waals surface area contributed by atoms with Gasteiger partial charge in [-0.3, -0.25) is 9.59 Å². The average Bonchev–Trinajstić information content (AvgIpc) is 3.27. The smallest absolute Gasteiger partial charge is 0.238 e. The molecule has 8 heteroatoms. The molecule has 2 amide bonds. The van der Waals surface area contributed by atoms with Crippen molar-refractivity contribution < 1.29 is 14.7 Å². The van der Waals surface area contributed by atoms with E-state index in [1.165, 1.54) is 11.8 Å². The Kier molecular flexibility index (Phi) is 5.83. The number of nitrogens with zero attached hydrogens (tertiary/aromatic N) is 2. The summed E-state index contributed by atoms with van der Waals surface area (Å²) in [6, 6.07) is 9.53. The molecule has 1 aliphatic carbocycles. The lowest BCUT2D eigenvalue weighted by atomic mass is 10.2. The summed E-state index contributed by atoms with van der Waals surface area (Å²) in [6.07, 6.45) is 5.20. The number of carbonyl (C=O) groups is 2. The van der Waals surface area contributed by atoms with Crippen molar-refractivity contribution in [2.45, 2.75) is 23.7 Å². The first-order valence-electron chi connectivity index (χ1n) is 9.07. The standard InChI is InChI=1S/C20H22N4O3S/c1-3-8-22-18(26)17-15(10-21)20(17)24(4-2)19(27)16(28-20)11-23-14-7-5-6-13(9-14)12-25/h1,5-7,9,15-17,23,25H,4,8,11-12H2,2H3,(H,22,26). The molecule has 1 saturated carbocycles. The highest BCUT2D eigenvalue weighted by atomic mass is 32.2. The second kappa shape index (κ2) is 8.14. The molecule has 0 radical (unpaired) electrons. The van der Waals surface area contributed by atoms with Gasteiger partial charge in [0, 0.05) is 18.8 Å². The van der Waals surface area contributed by atoms with Crippen LogP contribution in [0.4, 0.5) is 5.69 Å². The fourth-order valence-electron chi connectivity index (χ4n) is 3.80. The molecule has 1 saturated heterocycles. The third-order valence-electron chi connectivity index (χ3n) is 5.11. The second-order valence-corrected chi connectivity index (χ2v) is 8.15. The molecule has 1 aromatic carbocycles. The van der Waals surface area contributed by atoms with E-state index in [2.05, 4.69) is 22.6 Å². The topological polar surface area (TPSA) is 105 Å². The molecule has 1 aliphatic heterocycles. The predicted octanol–water partition coefficient (Wildman–Crippen LogP) is 0.770. The molecule has 4 atom stereocenters. The van der Waals surface area contributed by atoms with Gasteiger partial charge >= 0.3 is 0 Å². The summed E-state index contributed by atoms with van der Waals surface area (Å²) in [5.74, 6) is 0.856. The van der Waals surface area contributed by atoms with Gasteiger partial charge in [0.1, 0.15) is 10.1 Å². The Morgan fingerprint density at radius 1 is 1.50 bits per heavy atom. The van der Waals surface area contributed by atoms with Gasteiger partial charge in [0.05, 0.1) is 31.1 Å². The van der Waals surface area contributed by atoms with Gasteiger partial charge in [-0.1, -0.05) is 18.1 Å². The van der Waals surface area contributed by atoms with Crippen LogP contribution in [-0.4, -0.2) is 51.6 Å². The number of anilines is 1. The quantitative estimate of drug-likeness (QED) is 0.586. The number of hydrogen-bond acceptors (Lipinski definition) is 6. The van der Waals surface area contributed by atoms with Gasteiger partial charge in [0.2, 0.25) is 11.8 Å². The first kappa shape index (κ1) is 20.1. The lowest BCUT2D eigenvalue weighted by Gasteiger charge is -2.22. The van der Waals surface area contributed by atoms with Crippen molar-refractivity contribution in [1.82, 2.24) is 10.2 Å². The van der Waals surface area contributed by atoms with Gasteiger partial charge in [-0.15, -0.1) is 18.2 Å². The van der Waals surface area contributed by atoms with Crippen LogP contribution >= 0.6 is 11.8 Å². The predicted molar refractivity (Wildman–Crippen MR) is 107 cm³/mol. The van der Waals surface area contributed by atoms with Crippen LogP contribution < -0.4 is 10.6 Å². The Labute approximate surface area is 168 Å². The first-order valence-corrected chi connectivity index (χ1v) is 9.95. The molecular formula is C20H22N4O3S. The fraction of sp³-hybridized carbons (Fsp3) is 0.450. The summed E-state index contributed by atoms with van der Waals surface area (Å²) in [6.45, 7) is 2.69. The molecule has 3 rings (SSSR count). The van der Waals surface area contributed by atoms with Crippen LogP contribution in [0.1, 0.15) is 12.5 Å². The largest absolute Gasteiger partial charge is 0.392 e. The minimum Gasteiger partial charge on any atom is -0.392 e. The van der Waals surface area contributed by atoms with E-state index in [1.54, 1.807) is 4.90 Å². The number of rotatable bonds is 7. The molecule has 1 heterocycles. The van der Waals surface area contributed by atoms with Crippen LogP contribution in [-0.2, 0) is 16.2 Å². The van der Waals surface area contributed by atoms with Crippen molar-refractivity contribution in [3.05, 3.63) is 29.8 Å². The van der Waals surface area contributed by atoms with Crippen molar-refractivity contribution in [3.63, 3.8) is 0 Å². The van der Waals surface area contributed by atoms with E-state index < -0.39 is 22.0 Å². The number of thioether (sulfide) groups is 1. The summed E-state index contributed by atoms with van der Waals surface area (Å²) in [5.41, 5.74) is 1.58. The molecule has 2 aliphatic rings. The molecule has 28 heavy (non-hydrogen) atoms. The molecule has 1 spiro atoms. The number of aliphatic hydroxyl groups is 1. The Bertz CT molecular complexity index is 862. The van der Waals surface area contributed by atoms with Crippen LogP contribution in [0, 0.1) is 35.5 Å². The van der Waals surface area contributed by atoms with E-state index in [-0.39, 0.29) is 25.0 Å². The molecular weight excluding hydrogens is 376 g/mol. The maximum atomic E-state index is 12.9. The number of nitriles is 1. The van der Waals surface area contributed by atoms with Crippen LogP contribution in [0.5, 0.6) is 0 Å². The molecule has 2 fully saturated rings. The molecule has 3 N–H and O–H groups in total. The zero-order valence-electron chi connectivity index (χ0n) is 15.5. The monoisotopic (exact) mass is 398 g/mol. The van der Waals surface area contributed by atoms with Crippen LogP contribution in [0.2, 0.25) is 0 Å². The van der Waals surface area contributed by atoms with Crippen LogP contribution in [0.15, 0.2) is 24.3 Å². The van der Waals surface area contributed by atoms with Crippen molar-refractivity contribution in [2.75, 3.05) is 25.0 Å². The summed E-state index contributed by atoms with van der Waals surface area (Å²) in [4.78, 5) is 26.2. The van der Waals surface area contributed by atoms with Gasteiger partial charge in [0.15, 0.2) is 0 Å². The normalized spacial score (nSPS) is 27.9. The number of amides is 2. The number of benzene rings is 1. The Morgan fingerprint density at radius 3 is 2.93 bits per heavy atom. The lowest BCUT2D eigenvalue weighted by molar-refractivity contribution is -0.130. The molecule has 1 aromatic rings. The maximum Gasteiger partial charge on any atom is 0.238 e. The van der Waals surface area contributed by atoms with Crippen molar-refractivity contribution in [3.8, 4) is 18.4 Å². The van der Waals surface area contributed by atoms with Crippen LogP contribution in [0.3, 0.4) is 0 Å². The Balaban J connectivity index is 1.74. The van der Waals surface area contributed by atoms with Gasteiger partial charge in [-0.25, -0.2) is 0 Å². The van der Waals surface area contributed by atoms with Gasteiger partial charge < -0.3 is 20.6 Å². The summed E-state index contributed by atoms with van der Waals surface area (Å²) >= 11 is 1.38. The highest BCUT2D eigenvalue weighted by molar-refractivity contribution is 8.02. The zero-order chi connectivity index (χ0) is 20.3. The Hall–Kier alpha value is -2.68. The molecule has 146 valence electrons. The zero-order valence-corrected chi connectivity index (χ0v) is 16.3. The minimum absolute atomic E-state index is 0.0579. The van der Waals surface area contributed by atoms with Gasteiger partial charge in [0.25, 0.3) is 0 Å². The number of carbonyl (C=O) groups excluding carboxylic acids is 2. The molecule has 0 aromatic heterocycles. The van der Waals surface area contributed by atoms with Gasteiger partial charge in [-0.2, -0.15) is 5.26 Å². The van der Waals surface area contributed by atoms with E-state index >= 15 is 0 Å². The SMILES string of the molecule is C#CCNC(=O)C1C(C#N)C12SC(CNc1cccc(CO)c1)C(=O)N2CC. The number of hydrogen-bond donors (Lipinski definition) is 3. The van der Waals surface area contributed by atoms with Gasteiger partial charge in [-0.05, 0) is 24.6 Å². The van der Waals surface area contributed by atoms with Crippen LogP contribution in [0.25, 0.3) is 0 Å². The van der Waals surface area contributed by atoms with E-state index in [0.717, 1.165) is 11.3 Å². The van der Waals surface area contributed by atoms with E-state index in [4.69, 9.17) is 6.42 Å².